The van der Waals surface area contributed by atoms with Gasteiger partial charge >= 0.3 is 0 Å². The number of para-hydroxylation sites is 1. The van der Waals surface area contributed by atoms with Gasteiger partial charge in [-0.1, -0.05) is 98.1 Å². The SMILES string of the molecule is Nc1ccc(Nc2ccccc2C2CCCCC2)nc1.c1ccc(-c2ccccc2)cc1. The van der Waals surface area contributed by atoms with Crippen LogP contribution in [-0.4, -0.2) is 4.98 Å². The molecule has 0 radical (unpaired) electrons. The third-order valence-corrected chi connectivity index (χ3v) is 5.94. The lowest BCUT2D eigenvalue weighted by Crippen LogP contribution is -2.07. The highest BCUT2D eigenvalue weighted by atomic mass is 15.0. The molecule has 0 unspecified atom stereocenters. The van der Waals surface area contributed by atoms with Crippen molar-refractivity contribution in [3.63, 3.8) is 0 Å². The summed E-state index contributed by atoms with van der Waals surface area (Å²) in [7, 11) is 0. The van der Waals surface area contributed by atoms with Gasteiger partial charge in [0.05, 0.1) is 11.9 Å². The number of benzene rings is 3. The standard InChI is InChI=1S/C17H21N3.C12H10/c18-14-10-11-17(19-12-14)20-16-9-5-4-8-15(16)13-6-2-1-3-7-13;1-3-7-11(8-4-1)12-9-5-2-6-10-12/h4-5,8-13H,1-3,6-7,18H2,(H,19,20);1-10H. The lowest BCUT2D eigenvalue weighted by molar-refractivity contribution is 0.444. The zero-order valence-electron chi connectivity index (χ0n) is 18.5. The van der Waals surface area contributed by atoms with Crippen LogP contribution in [0.2, 0.25) is 0 Å². The van der Waals surface area contributed by atoms with Gasteiger partial charge in [-0.05, 0) is 53.6 Å². The average molecular weight is 422 g/mol. The van der Waals surface area contributed by atoms with Gasteiger partial charge in [-0.25, -0.2) is 4.98 Å². The highest BCUT2D eigenvalue weighted by Crippen LogP contribution is 2.37. The molecule has 3 aromatic carbocycles. The van der Waals surface area contributed by atoms with Gasteiger partial charge in [0, 0.05) is 5.69 Å². The number of rotatable bonds is 4. The van der Waals surface area contributed by atoms with Crippen molar-refractivity contribution in [3.05, 3.63) is 109 Å². The number of nitrogens with two attached hydrogens (primary N) is 1. The van der Waals surface area contributed by atoms with Crippen LogP contribution in [0.4, 0.5) is 17.2 Å². The van der Waals surface area contributed by atoms with E-state index in [9.17, 15) is 0 Å². The summed E-state index contributed by atoms with van der Waals surface area (Å²) in [6.07, 6.45) is 8.36. The van der Waals surface area contributed by atoms with Gasteiger partial charge in [-0.15, -0.1) is 0 Å². The van der Waals surface area contributed by atoms with Crippen molar-refractivity contribution in [2.45, 2.75) is 38.0 Å². The van der Waals surface area contributed by atoms with Crippen molar-refractivity contribution >= 4 is 17.2 Å². The summed E-state index contributed by atoms with van der Waals surface area (Å²) in [4.78, 5) is 4.32. The van der Waals surface area contributed by atoms with Gasteiger partial charge in [-0.2, -0.15) is 0 Å². The molecule has 0 aliphatic heterocycles. The van der Waals surface area contributed by atoms with E-state index in [2.05, 4.69) is 83.1 Å². The maximum atomic E-state index is 5.68. The highest BCUT2D eigenvalue weighted by Gasteiger charge is 2.18. The third kappa shape index (κ3) is 5.98. The summed E-state index contributed by atoms with van der Waals surface area (Å²) < 4.78 is 0. The largest absolute Gasteiger partial charge is 0.397 e. The van der Waals surface area contributed by atoms with Crippen molar-refractivity contribution < 1.29 is 0 Å². The molecular formula is C29H31N3. The fourth-order valence-corrected chi connectivity index (χ4v) is 4.26. The van der Waals surface area contributed by atoms with Crippen LogP contribution in [0.25, 0.3) is 11.1 Å². The molecule has 0 bridgehead atoms. The Morgan fingerprint density at radius 3 is 1.84 bits per heavy atom. The van der Waals surface area contributed by atoms with Crippen LogP contribution in [0.3, 0.4) is 0 Å². The van der Waals surface area contributed by atoms with Crippen LogP contribution in [0.5, 0.6) is 0 Å². The molecule has 4 aromatic rings. The second-order valence-electron chi connectivity index (χ2n) is 8.26. The molecule has 0 saturated heterocycles. The molecule has 3 nitrogen and oxygen atoms in total. The maximum Gasteiger partial charge on any atom is 0.130 e. The quantitative estimate of drug-likeness (QED) is 0.353. The van der Waals surface area contributed by atoms with Gasteiger partial charge in [0.1, 0.15) is 5.82 Å². The number of anilines is 3. The molecule has 1 heterocycles. The zero-order valence-corrected chi connectivity index (χ0v) is 18.5. The molecule has 0 amide bonds. The molecule has 5 rings (SSSR count). The summed E-state index contributed by atoms with van der Waals surface area (Å²) in [6, 6.07) is 33.2. The number of aromatic nitrogens is 1. The Bertz CT molecular complexity index is 1030. The fraction of sp³-hybridized carbons (Fsp3) is 0.207. The summed E-state index contributed by atoms with van der Waals surface area (Å²) in [5.74, 6) is 1.53. The molecule has 1 saturated carbocycles. The minimum atomic E-state index is 0.682. The van der Waals surface area contributed by atoms with E-state index in [0.29, 0.717) is 11.6 Å². The molecule has 32 heavy (non-hydrogen) atoms. The van der Waals surface area contributed by atoms with Crippen molar-refractivity contribution in [2.24, 2.45) is 0 Å². The summed E-state index contributed by atoms with van der Waals surface area (Å²) in [6.45, 7) is 0. The number of nitrogen functional groups attached to an aromatic ring is 1. The maximum absolute atomic E-state index is 5.68. The Labute approximate surface area is 191 Å². The van der Waals surface area contributed by atoms with E-state index in [1.54, 1.807) is 6.20 Å². The minimum Gasteiger partial charge on any atom is -0.397 e. The Balaban J connectivity index is 0.000000174. The first-order chi connectivity index (χ1) is 15.8. The molecule has 0 atom stereocenters. The van der Waals surface area contributed by atoms with Gasteiger partial charge in [0.15, 0.2) is 0 Å². The van der Waals surface area contributed by atoms with E-state index in [0.717, 1.165) is 5.82 Å². The first-order valence-electron chi connectivity index (χ1n) is 11.5. The van der Waals surface area contributed by atoms with Crippen molar-refractivity contribution in [3.8, 4) is 11.1 Å². The van der Waals surface area contributed by atoms with E-state index in [1.165, 1.54) is 54.5 Å². The summed E-state index contributed by atoms with van der Waals surface area (Å²) >= 11 is 0. The van der Waals surface area contributed by atoms with Crippen molar-refractivity contribution in [1.82, 2.24) is 4.98 Å². The molecule has 0 spiro atoms. The first-order valence-corrected chi connectivity index (χ1v) is 11.5. The molecule has 162 valence electrons. The van der Waals surface area contributed by atoms with Gasteiger partial charge in [0.2, 0.25) is 0 Å². The lowest BCUT2D eigenvalue weighted by Gasteiger charge is -2.24. The Hall–Kier alpha value is -3.59. The van der Waals surface area contributed by atoms with Crippen LogP contribution in [-0.2, 0) is 0 Å². The lowest BCUT2D eigenvalue weighted by atomic mass is 9.83. The number of nitrogens with one attached hydrogen (secondary N) is 1. The average Bonchev–Trinajstić information content (AvgIpc) is 2.88. The van der Waals surface area contributed by atoms with Crippen LogP contribution in [0.15, 0.2) is 103 Å². The normalized spacial score (nSPS) is 13.6. The van der Waals surface area contributed by atoms with Crippen LogP contribution in [0.1, 0.15) is 43.6 Å². The van der Waals surface area contributed by atoms with Gasteiger partial charge in [-0.3, -0.25) is 0 Å². The Morgan fingerprint density at radius 2 is 1.25 bits per heavy atom. The summed E-state index contributed by atoms with van der Waals surface area (Å²) in [5.41, 5.74) is 11.5. The number of nitrogens with zero attached hydrogens (tertiary/aromatic N) is 1. The van der Waals surface area contributed by atoms with E-state index in [1.807, 2.05) is 24.3 Å². The minimum absolute atomic E-state index is 0.682. The van der Waals surface area contributed by atoms with Crippen LogP contribution in [0, 0.1) is 0 Å². The monoisotopic (exact) mass is 421 g/mol. The Morgan fingerprint density at radius 1 is 0.656 bits per heavy atom. The second kappa shape index (κ2) is 11.1. The van der Waals surface area contributed by atoms with Gasteiger partial charge in [0.25, 0.3) is 0 Å². The second-order valence-corrected chi connectivity index (χ2v) is 8.26. The van der Waals surface area contributed by atoms with Crippen LogP contribution < -0.4 is 11.1 Å². The number of hydrogen-bond acceptors (Lipinski definition) is 3. The van der Waals surface area contributed by atoms with E-state index in [-0.39, 0.29) is 0 Å². The molecule has 3 N–H and O–H groups in total. The smallest absolute Gasteiger partial charge is 0.130 e. The molecule has 1 aromatic heterocycles. The van der Waals surface area contributed by atoms with E-state index >= 15 is 0 Å². The predicted octanol–water partition coefficient (Wildman–Crippen LogP) is 7.81. The van der Waals surface area contributed by atoms with Crippen molar-refractivity contribution in [2.75, 3.05) is 11.1 Å². The summed E-state index contributed by atoms with van der Waals surface area (Å²) in [5, 5.41) is 3.43. The van der Waals surface area contributed by atoms with Crippen LogP contribution >= 0.6 is 0 Å². The van der Waals surface area contributed by atoms with E-state index in [4.69, 9.17) is 5.73 Å². The number of pyridine rings is 1. The molecule has 1 aliphatic carbocycles. The molecule has 1 fully saturated rings. The topological polar surface area (TPSA) is 50.9 Å². The predicted molar refractivity (Wildman–Crippen MR) is 136 cm³/mol. The Kier molecular flexibility index (Phi) is 7.54. The number of hydrogen-bond donors (Lipinski definition) is 2. The highest BCUT2D eigenvalue weighted by molar-refractivity contribution is 5.63. The zero-order chi connectivity index (χ0) is 22.0. The molecular weight excluding hydrogens is 390 g/mol. The van der Waals surface area contributed by atoms with E-state index < -0.39 is 0 Å². The fourth-order valence-electron chi connectivity index (χ4n) is 4.26. The van der Waals surface area contributed by atoms with Gasteiger partial charge < -0.3 is 11.1 Å². The first kappa shape index (κ1) is 21.6. The molecule has 1 aliphatic rings. The third-order valence-electron chi connectivity index (χ3n) is 5.94. The molecule has 3 heteroatoms. The van der Waals surface area contributed by atoms with Crippen molar-refractivity contribution in [1.29, 1.82) is 0 Å².